The van der Waals surface area contributed by atoms with Gasteiger partial charge >= 0.3 is 0 Å². The molecule has 2 aromatic rings. The maximum Gasteiger partial charge on any atom is 0.191 e. The molecule has 1 aromatic heterocycles. The Balaban J connectivity index is 2.17. The van der Waals surface area contributed by atoms with E-state index in [9.17, 15) is 0 Å². The smallest absolute Gasteiger partial charge is 0.191 e. The Labute approximate surface area is 121 Å². The molecule has 0 saturated carbocycles. The van der Waals surface area contributed by atoms with Crippen molar-refractivity contribution >= 4 is 34.8 Å². The van der Waals surface area contributed by atoms with Crippen LogP contribution in [0.5, 0.6) is 0 Å². The monoisotopic (exact) mass is 285 g/mol. The molecule has 1 aliphatic rings. The van der Waals surface area contributed by atoms with Crippen LogP contribution in [-0.4, -0.2) is 28.5 Å². The predicted octanol–water partition coefficient (Wildman–Crippen LogP) is 2.69. The van der Waals surface area contributed by atoms with E-state index in [0.717, 1.165) is 18.1 Å². The minimum absolute atomic E-state index is 0.394. The summed E-state index contributed by atoms with van der Waals surface area (Å²) in [6, 6.07) is 10.0. The van der Waals surface area contributed by atoms with Gasteiger partial charge in [-0.15, -0.1) is 0 Å². The van der Waals surface area contributed by atoms with Crippen LogP contribution in [-0.2, 0) is 0 Å². The number of aromatic nitrogens is 2. The molecule has 102 valence electrons. The van der Waals surface area contributed by atoms with Crippen LogP contribution in [0, 0.1) is 5.41 Å². The minimum Gasteiger partial charge on any atom is -0.383 e. The van der Waals surface area contributed by atoms with Crippen LogP contribution in [0.25, 0.3) is 0 Å². The molecule has 3 N–H and O–H groups in total. The topological polar surface area (TPSA) is 78.9 Å². The van der Waals surface area contributed by atoms with Gasteiger partial charge in [0, 0.05) is 24.4 Å². The van der Waals surface area contributed by atoms with Gasteiger partial charge in [0.15, 0.2) is 5.16 Å². The summed E-state index contributed by atoms with van der Waals surface area (Å²) < 4.78 is 0. The summed E-state index contributed by atoms with van der Waals surface area (Å²) in [6.45, 7) is 0.736. The standard InChI is InChI=1S/C14H15N5S/c1-20-14-17-12(16)11-10(15)7-8-19(13(11)18-14)9-5-3-2-4-6-9/h2-6,15H,7-8H2,1H3,(H2,16,17,18). The van der Waals surface area contributed by atoms with Gasteiger partial charge in [-0.25, -0.2) is 9.97 Å². The number of nitrogen functional groups attached to an aromatic ring is 1. The first kappa shape index (κ1) is 12.9. The van der Waals surface area contributed by atoms with Gasteiger partial charge in [0.2, 0.25) is 0 Å². The van der Waals surface area contributed by atoms with Crippen LogP contribution in [0.4, 0.5) is 17.3 Å². The first-order chi connectivity index (χ1) is 9.70. The largest absolute Gasteiger partial charge is 0.383 e. The van der Waals surface area contributed by atoms with Crippen molar-refractivity contribution in [3.8, 4) is 0 Å². The Hall–Kier alpha value is -2.08. The number of hydrogen-bond donors (Lipinski definition) is 2. The second-order valence-corrected chi connectivity index (χ2v) is 5.28. The van der Waals surface area contributed by atoms with Gasteiger partial charge in [0.05, 0.1) is 5.56 Å². The molecule has 1 aliphatic heterocycles. The predicted molar refractivity (Wildman–Crippen MR) is 83.1 cm³/mol. The van der Waals surface area contributed by atoms with E-state index in [1.54, 1.807) is 0 Å². The summed E-state index contributed by atoms with van der Waals surface area (Å²) in [5.74, 6) is 1.13. The number of hydrogen-bond acceptors (Lipinski definition) is 6. The Bertz CT molecular complexity index is 656. The highest BCUT2D eigenvalue weighted by Crippen LogP contribution is 2.35. The Kier molecular flexibility index (Phi) is 3.31. The molecule has 0 radical (unpaired) electrons. The quantitative estimate of drug-likeness (QED) is 0.655. The van der Waals surface area contributed by atoms with Gasteiger partial charge in [-0.3, -0.25) is 0 Å². The molecule has 0 unspecified atom stereocenters. The number of nitrogens with zero attached hydrogens (tertiary/aromatic N) is 3. The second-order valence-electron chi connectivity index (χ2n) is 4.51. The zero-order valence-electron chi connectivity index (χ0n) is 11.1. The van der Waals surface area contributed by atoms with Gasteiger partial charge in [-0.1, -0.05) is 30.0 Å². The third-order valence-corrected chi connectivity index (χ3v) is 3.84. The van der Waals surface area contributed by atoms with Crippen molar-refractivity contribution in [2.24, 2.45) is 0 Å². The Morgan fingerprint density at radius 3 is 2.70 bits per heavy atom. The summed E-state index contributed by atoms with van der Waals surface area (Å²) in [5, 5.41) is 8.73. The molecule has 0 atom stereocenters. The van der Waals surface area contributed by atoms with Crippen molar-refractivity contribution in [2.75, 3.05) is 23.4 Å². The molecule has 0 aliphatic carbocycles. The summed E-state index contributed by atoms with van der Waals surface area (Å²) >= 11 is 1.45. The molecule has 0 fully saturated rings. The molecule has 0 spiro atoms. The summed E-state index contributed by atoms with van der Waals surface area (Å²) in [6.07, 6.45) is 2.57. The lowest BCUT2D eigenvalue weighted by Crippen LogP contribution is -2.30. The van der Waals surface area contributed by atoms with Gasteiger partial charge in [-0.2, -0.15) is 0 Å². The third kappa shape index (κ3) is 2.12. The highest BCUT2D eigenvalue weighted by molar-refractivity contribution is 7.98. The van der Waals surface area contributed by atoms with Crippen molar-refractivity contribution in [3.05, 3.63) is 35.9 Å². The number of rotatable bonds is 2. The summed E-state index contributed by atoms with van der Waals surface area (Å²) in [7, 11) is 0. The molecule has 3 rings (SSSR count). The lowest BCUT2D eigenvalue weighted by atomic mass is 10.0. The Morgan fingerprint density at radius 2 is 2.00 bits per heavy atom. The molecular weight excluding hydrogens is 270 g/mol. The molecule has 20 heavy (non-hydrogen) atoms. The molecule has 0 bridgehead atoms. The van der Waals surface area contributed by atoms with E-state index < -0.39 is 0 Å². The number of fused-ring (bicyclic) bond motifs is 1. The highest BCUT2D eigenvalue weighted by Gasteiger charge is 2.27. The number of nitrogens with two attached hydrogens (primary N) is 1. The number of thioether (sulfide) groups is 1. The van der Waals surface area contributed by atoms with E-state index in [-0.39, 0.29) is 0 Å². The van der Waals surface area contributed by atoms with E-state index in [1.807, 2.05) is 36.6 Å². The maximum atomic E-state index is 8.10. The normalized spacial score (nSPS) is 14.2. The molecule has 2 heterocycles. The van der Waals surface area contributed by atoms with E-state index >= 15 is 0 Å². The molecule has 1 aromatic carbocycles. The zero-order valence-corrected chi connectivity index (χ0v) is 11.9. The second kappa shape index (κ2) is 5.13. The fourth-order valence-electron chi connectivity index (χ4n) is 2.33. The lowest BCUT2D eigenvalue weighted by Gasteiger charge is -2.31. The van der Waals surface area contributed by atoms with Crippen LogP contribution in [0.3, 0.4) is 0 Å². The average molecular weight is 285 g/mol. The number of nitrogens with one attached hydrogen (secondary N) is 1. The van der Waals surface area contributed by atoms with Crippen molar-refractivity contribution in [3.63, 3.8) is 0 Å². The lowest BCUT2D eigenvalue weighted by molar-refractivity contribution is 0.864. The van der Waals surface area contributed by atoms with Crippen molar-refractivity contribution in [1.82, 2.24) is 9.97 Å². The van der Waals surface area contributed by atoms with Crippen LogP contribution in [0.1, 0.15) is 12.0 Å². The van der Waals surface area contributed by atoms with E-state index in [4.69, 9.17) is 11.1 Å². The average Bonchev–Trinajstić information content (AvgIpc) is 2.48. The minimum atomic E-state index is 0.394. The van der Waals surface area contributed by atoms with E-state index in [1.165, 1.54) is 11.8 Å². The van der Waals surface area contributed by atoms with Gasteiger partial charge in [0.25, 0.3) is 0 Å². The fourth-order valence-corrected chi connectivity index (χ4v) is 2.70. The number of para-hydroxylation sites is 1. The van der Waals surface area contributed by atoms with Crippen LogP contribution < -0.4 is 10.6 Å². The summed E-state index contributed by atoms with van der Waals surface area (Å²) in [5.41, 5.74) is 8.25. The van der Waals surface area contributed by atoms with Crippen molar-refractivity contribution < 1.29 is 0 Å². The molecule has 5 nitrogen and oxygen atoms in total. The zero-order chi connectivity index (χ0) is 14.1. The number of benzene rings is 1. The molecular formula is C14H15N5S. The van der Waals surface area contributed by atoms with Crippen LogP contribution in [0.2, 0.25) is 0 Å². The van der Waals surface area contributed by atoms with Crippen molar-refractivity contribution in [1.29, 1.82) is 5.41 Å². The van der Waals surface area contributed by atoms with Gasteiger partial charge < -0.3 is 16.0 Å². The third-order valence-electron chi connectivity index (χ3n) is 3.29. The molecule has 0 amide bonds. The van der Waals surface area contributed by atoms with Gasteiger partial charge in [-0.05, 0) is 18.4 Å². The highest BCUT2D eigenvalue weighted by atomic mass is 32.2. The van der Waals surface area contributed by atoms with E-state index in [2.05, 4.69) is 14.9 Å². The first-order valence-corrected chi connectivity index (χ1v) is 7.55. The molecule has 0 saturated heterocycles. The Morgan fingerprint density at radius 1 is 1.25 bits per heavy atom. The van der Waals surface area contributed by atoms with E-state index in [0.29, 0.717) is 28.7 Å². The maximum absolute atomic E-state index is 8.10. The molecule has 6 heteroatoms. The van der Waals surface area contributed by atoms with Crippen LogP contribution >= 0.6 is 11.8 Å². The first-order valence-electron chi connectivity index (χ1n) is 6.32. The fraction of sp³-hybridized carbons (Fsp3) is 0.214. The van der Waals surface area contributed by atoms with Gasteiger partial charge in [0.1, 0.15) is 11.6 Å². The summed E-state index contributed by atoms with van der Waals surface area (Å²) in [4.78, 5) is 10.9. The van der Waals surface area contributed by atoms with Crippen molar-refractivity contribution in [2.45, 2.75) is 11.6 Å². The SMILES string of the molecule is CSc1nc(N)c2c(n1)N(c1ccccc1)CCC2=N. The number of anilines is 3. The van der Waals surface area contributed by atoms with Crippen LogP contribution in [0.15, 0.2) is 35.5 Å².